The van der Waals surface area contributed by atoms with Crippen molar-refractivity contribution in [1.82, 2.24) is 14.8 Å². The minimum absolute atomic E-state index is 0.0525. The number of carbonyl (C=O) groups excluding carboxylic acids is 1. The van der Waals surface area contributed by atoms with Gasteiger partial charge in [-0.1, -0.05) is 23.7 Å². The molecule has 0 aliphatic rings. The van der Waals surface area contributed by atoms with E-state index in [1.165, 1.54) is 52.5 Å². The maximum absolute atomic E-state index is 12.4. The number of aromatic nitrogens is 3. The first kappa shape index (κ1) is 24.6. The van der Waals surface area contributed by atoms with Crippen molar-refractivity contribution in [2.75, 3.05) is 10.0 Å². The second-order valence-corrected chi connectivity index (χ2v) is 10.4. The molecule has 0 saturated carbocycles. The SMILES string of the molecule is O=C(CCCn1nc(-c2ccc(Cl)cc2)ccc1=O)Nc1ccc(S(=O)(=O)Nc2nccs2)cc1. The summed E-state index contributed by atoms with van der Waals surface area (Å²) in [6, 6.07) is 16.0. The van der Waals surface area contributed by atoms with E-state index in [1.54, 1.807) is 23.6 Å². The standard InChI is InChI=1S/C23H20ClN5O4S2/c24-17-5-3-16(4-6-17)20-11-12-22(31)29(27-20)14-1-2-21(30)26-18-7-9-19(10-8-18)35(32,33)28-23-25-13-15-34-23/h3-13,15H,1-2,14H2,(H,25,28)(H,26,30). The smallest absolute Gasteiger partial charge is 0.266 e. The number of hydrogen-bond donors (Lipinski definition) is 2. The van der Waals surface area contributed by atoms with Crippen LogP contribution < -0.4 is 15.6 Å². The van der Waals surface area contributed by atoms with Gasteiger partial charge < -0.3 is 5.32 Å². The molecule has 0 fully saturated rings. The fourth-order valence-corrected chi connectivity index (χ4v) is 5.08. The molecule has 0 bridgehead atoms. The van der Waals surface area contributed by atoms with Crippen molar-refractivity contribution in [3.63, 3.8) is 0 Å². The van der Waals surface area contributed by atoms with E-state index in [9.17, 15) is 18.0 Å². The molecule has 0 aliphatic carbocycles. The van der Waals surface area contributed by atoms with Crippen LogP contribution >= 0.6 is 22.9 Å². The number of amides is 1. The van der Waals surface area contributed by atoms with Gasteiger partial charge in [-0.25, -0.2) is 18.1 Å². The van der Waals surface area contributed by atoms with Crippen LogP contribution in [0.25, 0.3) is 11.3 Å². The molecule has 12 heteroatoms. The van der Waals surface area contributed by atoms with Crippen LogP contribution in [-0.2, 0) is 21.4 Å². The van der Waals surface area contributed by atoms with Crippen LogP contribution in [-0.4, -0.2) is 29.1 Å². The van der Waals surface area contributed by atoms with Gasteiger partial charge in [-0.05, 0) is 48.9 Å². The first-order chi connectivity index (χ1) is 16.8. The molecule has 2 heterocycles. The Morgan fingerprint density at radius 3 is 2.46 bits per heavy atom. The van der Waals surface area contributed by atoms with Crippen LogP contribution in [0.15, 0.2) is 81.9 Å². The molecular formula is C23H20ClN5O4S2. The van der Waals surface area contributed by atoms with Gasteiger partial charge in [0.25, 0.3) is 15.6 Å². The highest BCUT2D eigenvalue weighted by atomic mass is 35.5. The Morgan fingerprint density at radius 2 is 1.77 bits per heavy atom. The lowest BCUT2D eigenvalue weighted by molar-refractivity contribution is -0.116. The Morgan fingerprint density at radius 1 is 1.03 bits per heavy atom. The summed E-state index contributed by atoms with van der Waals surface area (Å²) in [5.41, 5.74) is 1.66. The zero-order chi connectivity index (χ0) is 24.8. The van der Waals surface area contributed by atoms with Crippen LogP contribution in [0.1, 0.15) is 12.8 Å². The molecule has 2 aromatic heterocycles. The van der Waals surface area contributed by atoms with Gasteiger partial charge >= 0.3 is 0 Å². The summed E-state index contributed by atoms with van der Waals surface area (Å²) < 4.78 is 28.5. The van der Waals surface area contributed by atoms with E-state index in [2.05, 4.69) is 20.1 Å². The third-order valence-electron chi connectivity index (χ3n) is 4.88. The van der Waals surface area contributed by atoms with Crippen molar-refractivity contribution < 1.29 is 13.2 Å². The zero-order valence-electron chi connectivity index (χ0n) is 18.2. The van der Waals surface area contributed by atoms with Gasteiger partial charge in [-0.15, -0.1) is 11.3 Å². The number of benzene rings is 2. The molecular weight excluding hydrogens is 510 g/mol. The van der Waals surface area contributed by atoms with Crippen molar-refractivity contribution in [2.45, 2.75) is 24.3 Å². The van der Waals surface area contributed by atoms with Gasteiger partial charge in [0.1, 0.15) is 0 Å². The number of nitrogens with zero attached hydrogens (tertiary/aromatic N) is 3. The summed E-state index contributed by atoms with van der Waals surface area (Å²) >= 11 is 7.09. The fraction of sp³-hybridized carbons (Fsp3) is 0.130. The average molecular weight is 530 g/mol. The number of aryl methyl sites for hydroxylation is 1. The Labute approximate surface area is 210 Å². The van der Waals surface area contributed by atoms with Crippen molar-refractivity contribution in [3.05, 3.63) is 87.6 Å². The molecule has 0 aliphatic heterocycles. The lowest BCUT2D eigenvalue weighted by Gasteiger charge is -2.09. The maximum Gasteiger partial charge on any atom is 0.266 e. The van der Waals surface area contributed by atoms with Gasteiger partial charge in [0.2, 0.25) is 5.91 Å². The number of sulfonamides is 1. The fourth-order valence-electron chi connectivity index (χ4n) is 3.16. The number of thiazole rings is 1. The van der Waals surface area contributed by atoms with E-state index < -0.39 is 10.0 Å². The highest BCUT2D eigenvalue weighted by molar-refractivity contribution is 7.93. The van der Waals surface area contributed by atoms with E-state index >= 15 is 0 Å². The molecule has 4 rings (SSSR count). The minimum Gasteiger partial charge on any atom is -0.326 e. The largest absolute Gasteiger partial charge is 0.326 e. The molecule has 0 saturated heterocycles. The number of hydrogen-bond acceptors (Lipinski definition) is 7. The topological polar surface area (TPSA) is 123 Å². The molecule has 0 radical (unpaired) electrons. The van der Waals surface area contributed by atoms with Gasteiger partial charge in [0.05, 0.1) is 10.6 Å². The number of halogens is 1. The molecule has 4 aromatic rings. The highest BCUT2D eigenvalue weighted by Gasteiger charge is 2.15. The van der Waals surface area contributed by atoms with Crippen LogP contribution in [0.2, 0.25) is 5.02 Å². The first-order valence-corrected chi connectivity index (χ1v) is 13.2. The monoisotopic (exact) mass is 529 g/mol. The lowest BCUT2D eigenvalue weighted by atomic mass is 10.1. The predicted molar refractivity (Wildman–Crippen MR) is 136 cm³/mol. The maximum atomic E-state index is 12.4. The molecule has 0 atom stereocenters. The third-order valence-corrected chi connectivity index (χ3v) is 7.31. The van der Waals surface area contributed by atoms with Gasteiger partial charge in [-0.2, -0.15) is 5.10 Å². The summed E-state index contributed by atoms with van der Waals surface area (Å²) in [6.45, 7) is 0.271. The molecule has 35 heavy (non-hydrogen) atoms. The normalized spacial score (nSPS) is 11.2. The first-order valence-electron chi connectivity index (χ1n) is 10.5. The molecule has 1 amide bonds. The van der Waals surface area contributed by atoms with Crippen LogP contribution in [0.3, 0.4) is 0 Å². The molecule has 2 N–H and O–H groups in total. The lowest BCUT2D eigenvalue weighted by Crippen LogP contribution is -2.23. The summed E-state index contributed by atoms with van der Waals surface area (Å²) in [5.74, 6) is -0.261. The van der Waals surface area contributed by atoms with Crippen molar-refractivity contribution in [2.24, 2.45) is 0 Å². The molecule has 0 unspecified atom stereocenters. The van der Waals surface area contributed by atoms with Gasteiger partial charge in [0.15, 0.2) is 5.13 Å². The Bertz CT molecular complexity index is 1470. The highest BCUT2D eigenvalue weighted by Crippen LogP contribution is 2.20. The number of anilines is 2. The summed E-state index contributed by atoms with van der Waals surface area (Å²) in [4.78, 5) is 28.4. The zero-order valence-corrected chi connectivity index (χ0v) is 20.6. The van der Waals surface area contributed by atoms with Crippen molar-refractivity contribution >= 4 is 49.7 Å². The second-order valence-electron chi connectivity index (χ2n) is 7.41. The van der Waals surface area contributed by atoms with Gasteiger partial charge in [0, 0.05) is 46.9 Å². The summed E-state index contributed by atoms with van der Waals surface area (Å²) in [6.07, 6.45) is 2.06. The Hall–Kier alpha value is -3.54. The number of rotatable bonds is 9. The molecule has 0 spiro atoms. The van der Waals surface area contributed by atoms with Crippen LogP contribution in [0, 0.1) is 0 Å². The Balaban J connectivity index is 1.31. The van der Waals surface area contributed by atoms with Crippen LogP contribution in [0.4, 0.5) is 10.8 Å². The number of carbonyl (C=O) groups is 1. The van der Waals surface area contributed by atoms with Crippen LogP contribution in [0.5, 0.6) is 0 Å². The minimum atomic E-state index is -3.76. The quantitative estimate of drug-likeness (QED) is 0.334. The van der Waals surface area contributed by atoms with E-state index in [-0.39, 0.29) is 34.5 Å². The predicted octanol–water partition coefficient (Wildman–Crippen LogP) is 4.24. The molecule has 9 nitrogen and oxygen atoms in total. The molecule has 180 valence electrons. The number of nitrogens with one attached hydrogen (secondary N) is 2. The summed E-state index contributed by atoms with van der Waals surface area (Å²) in [7, 11) is -3.76. The third kappa shape index (κ3) is 6.53. The molecule has 2 aromatic carbocycles. The van der Waals surface area contributed by atoms with E-state index in [1.807, 2.05) is 12.1 Å². The summed E-state index contributed by atoms with van der Waals surface area (Å²) in [5, 5.41) is 9.65. The second kappa shape index (κ2) is 10.8. The van der Waals surface area contributed by atoms with E-state index in [4.69, 9.17) is 11.6 Å². The van der Waals surface area contributed by atoms with Gasteiger partial charge in [-0.3, -0.25) is 14.3 Å². The average Bonchev–Trinajstić information content (AvgIpc) is 3.33. The van der Waals surface area contributed by atoms with Crippen molar-refractivity contribution in [1.29, 1.82) is 0 Å². The van der Waals surface area contributed by atoms with Crippen molar-refractivity contribution in [3.8, 4) is 11.3 Å². The Kier molecular flexibility index (Phi) is 7.59. The van der Waals surface area contributed by atoms with E-state index in [0.29, 0.717) is 22.8 Å². The van der Waals surface area contributed by atoms with E-state index in [0.717, 1.165) is 5.56 Å².